The lowest BCUT2D eigenvalue weighted by Crippen LogP contribution is -2.43. The van der Waals surface area contributed by atoms with E-state index in [4.69, 9.17) is 15.7 Å². The van der Waals surface area contributed by atoms with Crippen LogP contribution in [0, 0.1) is 5.92 Å². The third kappa shape index (κ3) is 6.28. The van der Waals surface area contributed by atoms with Gasteiger partial charge >= 0.3 is 12.1 Å². The largest absolute Gasteiger partial charge is 0.481 e. The first-order valence-electron chi connectivity index (χ1n) is 14.4. The predicted octanol–water partition coefficient (Wildman–Crippen LogP) is 6.74. The molecule has 0 radical (unpaired) electrons. The van der Waals surface area contributed by atoms with Crippen LogP contribution in [0.15, 0.2) is 85.1 Å². The molecule has 226 valence electrons. The Morgan fingerprint density at radius 3 is 2.32 bits per heavy atom. The second-order valence-electron chi connectivity index (χ2n) is 11.1. The van der Waals surface area contributed by atoms with Crippen molar-refractivity contribution in [1.29, 1.82) is 0 Å². The van der Waals surface area contributed by atoms with Crippen LogP contribution in [-0.2, 0) is 11.3 Å². The van der Waals surface area contributed by atoms with Crippen LogP contribution in [0.3, 0.4) is 0 Å². The molecule has 8 nitrogen and oxygen atoms in total. The molecule has 1 saturated carbocycles. The fraction of sp³-hybridized carbons (Fsp3) is 0.273. The Bertz CT molecular complexity index is 1760. The predicted molar refractivity (Wildman–Crippen MR) is 162 cm³/mol. The van der Waals surface area contributed by atoms with Gasteiger partial charge in [0.1, 0.15) is 11.3 Å². The van der Waals surface area contributed by atoms with Crippen molar-refractivity contribution in [3.05, 3.63) is 90.6 Å². The zero-order valence-corrected chi connectivity index (χ0v) is 23.8. The number of carbonyl (C=O) groups is 1. The fourth-order valence-electron chi connectivity index (χ4n) is 5.98. The first kappa shape index (κ1) is 29.3. The number of nitrogens with two attached hydrogens (primary N) is 1. The summed E-state index contributed by atoms with van der Waals surface area (Å²) in [7, 11) is 0. The van der Waals surface area contributed by atoms with Crippen molar-refractivity contribution in [2.45, 2.75) is 44.4 Å². The number of benzene rings is 2. The van der Waals surface area contributed by atoms with Crippen LogP contribution in [0.5, 0.6) is 0 Å². The Morgan fingerprint density at radius 2 is 1.66 bits per heavy atom. The number of nitrogen functional groups attached to an aromatic ring is 1. The van der Waals surface area contributed by atoms with Gasteiger partial charge in [-0.15, -0.1) is 0 Å². The molecule has 11 heteroatoms. The first-order chi connectivity index (χ1) is 21.2. The molecule has 1 aliphatic carbocycles. The average molecular weight is 601 g/mol. The monoisotopic (exact) mass is 600 g/mol. The van der Waals surface area contributed by atoms with Crippen molar-refractivity contribution < 1.29 is 23.1 Å². The number of hydrogen-bond acceptors (Lipinski definition) is 6. The Labute approximate surface area is 252 Å². The van der Waals surface area contributed by atoms with Gasteiger partial charge in [0, 0.05) is 30.0 Å². The summed E-state index contributed by atoms with van der Waals surface area (Å²) >= 11 is 0. The van der Waals surface area contributed by atoms with Gasteiger partial charge in [0.05, 0.1) is 23.7 Å². The molecule has 44 heavy (non-hydrogen) atoms. The minimum Gasteiger partial charge on any atom is -0.481 e. The molecule has 6 rings (SSSR count). The summed E-state index contributed by atoms with van der Waals surface area (Å²) in [5.41, 5.74) is 11.3. The second kappa shape index (κ2) is 12.1. The number of alkyl halides is 3. The number of aromatic nitrogens is 4. The number of anilines is 1. The average Bonchev–Trinajstić information content (AvgIpc) is 3.40. The highest BCUT2D eigenvalue weighted by Crippen LogP contribution is 2.33. The Hall–Kier alpha value is -4.77. The molecular weight excluding hydrogens is 569 g/mol. The van der Waals surface area contributed by atoms with E-state index >= 15 is 0 Å². The molecule has 0 aliphatic heterocycles. The third-order valence-electron chi connectivity index (χ3n) is 8.18. The van der Waals surface area contributed by atoms with Gasteiger partial charge in [-0.2, -0.15) is 13.2 Å². The maximum absolute atomic E-state index is 13.6. The number of rotatable bonds is 8. The van der Waals surface area contributed by atoms with Crippen LogP contribution in [0.1, 0.15) is 31.2 Å². The second-order valence-corrected chi connectivity index (χ2v) is 11.1. The van der Waals surface area contributed by atoms with Crippen LogP contribution >= 0.6 is 0 Å². The number of halogens is 3. The van der Waals surface area contributed by atoms with Gasteiger partial charge in [-0.25, -0.2) is 15.0 Å². The van der Waals surface area contributed by atoms with Gasteiger partial charge in [0.2, 0.25) is 0 Å². The summed E-state index contributed by atoms with van der Waals surface area (Å²) in [6.07, 6.45) is -1.19. The Balaban J connectivity index is 1.36. The number of nitrogens with zero attached hydrogens (tertiary/aromatic N) is 5. The van der Waals surface area contributed by atoms with Crippen molar-refractivity contribution in [1.82, 2.24) is 24.4 Å². The van der Waals surface area contributed by atoms with Crippen LogP contribution in [0.25, 0.3) is 39.5 Å². The summed E-state index contributed by atoms with van der Waals surface area (Å²) in [5.74, 6) is -0.525. The number of imidazole rings is 1. The van der Waals surface area contributed by atoms with E-state index in [1.807, 2.05) is 77.4 Å². The van der Waals surface area contributed by atoms with E-state index < -0.39 is 24.6 Å². The SMILES string of the molecule is Nc1ncccc1-c1nc2ccc(-c3ccccc3)nc2n1-c1ccc(CN(CC(F)(F)F)C2CCC(C(=O)O)CC2)cc1. The van der Waals surface area contributed by atoms with Gasteiger partial charge < -0.3 is 10.8 Å². The molecule has 3 heterocycles. The molecule has 0 atom stereocenters. The lowest BCUT2D eigenvalue weighted by molar-refractivity contribution is -0.156. The van der Waals surface area contributed by atoms with Gasteiger partial charge in [-0.3, -0.25) is 14.3 Å². The topological polar surface area (TPSA) is 110 Å². The highest BCUT2D eigenvalue weighted by molar-refractivity contribution is 5.84. The quantitative estimate of drug-likeness (QED) is 0.203. The van der Waals surface area contributed by atoms with E-state index in [2.05, 4.69) is 4.98 Å². The highest BCUT2D eigenvalue weighted by Gasteiger charge is 2.36. The summed E-state index contributed by atoms with van der Waals surface area (Å²) in [6.45, 7) is -0.967. The molecule has 2 aromatic carbocycles. The number of carboxylic acids is 1. The zero-order chi connectivity index (χ0) is 30.8. The number of aliphatic carboxylic acids is 1. The summed E-state index contributed by atoms with van der Waals surface area (Å²) in [5, 5.41) is 9.32. The zero-order valence-electron chi connectivity index (χ0n) is 23.8. The standard InChI is InChI=1S/C33H31F3N6O2/c34-33(35,36)20-41(24-14-10-23(11-15-24)32(43)44)19-21-8-12-25(13-9-21)42-30(26-7-4-18-38-29(26)37)40-28-17-16-27(39-31(28)42)22-5-2-1-3-6-22/h1-9,12-13,16-18,23-24H,10-11,14-15,19-20H2,(H2,37,38)(H,43,44). The summed E-state index contributed by atoms with van der Waals surface area (Å²) < 4.78 is 42.7. The van der Waals surface area contributed by atoms with Crippen LogP contribution in [0.4, 0.5) is 19.0 Å². The van der Waals surface area contributed by atoms with E-state index in [1.54, 1.807) is 12.3 Å². The normalized spacial score (nSPS) is 17.3. The Kier molecular flexibility index (Phi) is 8.05. The van der Waals surface area contributed by atoms with E-state index in [-0.39, 0.29) is 12.6 Å². The van der Waals surface area contributed by atoms with Crippen molar-refractivity contribution in [3.63, 3.8) is 0 Å². The van der Waals surface area contributed by atoms with E-state index in [9.17, 15) is 23.1 Å². The lowest BCUT2D eigenvalue weighted by atomic mass is 9.85. The van der Waals surface area contributed by atoms with Crippen LogP contribution in [0.2, 0.25) is 0 Å². The third-order valence-corrected chi connectivity index (χ3v) is 8.18. The number of hydrogen-bond donors (Lipinski definition) is 2. The van der Waals surface area contributed by atoms with Gasteiger partial charge in [-0.05, 0) is 67.6 Å². The van der Waals surface area contributed by atoms with E-state index in [0.717, 1.165) is 16.9 Å². The van der Waals surface area contributed by atoms with Crippen molar-refractivity contribution in [2.75, 3.05) is 12.3 Å². The smallest absolute Gasteiger partial charge is 0.401 e. The van der Waals surface area contributed by atoms with E-state index in [1.165, 1.54) is 4.90 Å². The number of fused-ring (bicyclic) bond motifs is 1. The molecule has 5 aromatic rings. The van der Waals surface area contributed by atoms with Crippen molar-refractivity contribution in [2.24, 2.45) is 5.92 Å². The molecule has 0 saturated heterocycles. The molecule has 3 N–H and O–H groups in total. The number of carboxylic acid groups (broad SMARTS) is 1. The van der Waals surface area contributed by atoms with Crippen molar-refractivity contribution in [3.8, 4) is 28.3 Å². The first-order valence-corrected chi connectivity index (χ1v) is 14.4. The van der Waals surface area contributed by atoms with Gasteiger partial charge in [0.25, 0.3) is 0 Å². The molecular formula is C33H31F3N6O2. The maximum Gasteiger partial charge on any atom is 0.401 e. The van der Waals surface area contributed by atoms with E-state index in [0.29, 0.717) is 59.6 Å². The Morgan fingerprint density at radius 1 is 0.932 bits per heavy atom. The molecule has 1 fully saturated rings. The van der Waals surface area contributed by atoms with Crippen LogP contribution < -0.4 is 5.73 Å². The summed E-state index contributed by atoms with van der Waals surface area (Å²) in [6, 6.07) is 24.2. The molecule has 0 unspecified atom stereocenters. The lowest BCUT2D eigenvalue weighted by Gasteiger charge is -2.36. The molecule has 0 spiro atoms. The summed E-state index contributed by atoms with van der Waals surface area (Å²) in [4.78, 5) is 26.8. The molecule has 1 aliphatic rings. The number of pyridine rings is 2. The minimum atomic E-state index is -4.38. The van der Waals surface area contributed by atoms with Gasteiger partial charge in [0.15, 0.2) is 11.5 Å². The van der Waals surface area contributed by atoms with Gasteiger partial charge in [-0.1, -0.05) is 42.5 Å². The van der Waals surface area contributed by atoms with Crippen molar-refractivity contribution >= 4 is 23.0 Å². The van der Waals surface area contributed by atoms with Crippen LogP contribution in [-0.4, -0.2) is 54.3 Å². The maximum atomic E-state index is 13.6. The molecule has 3 aromatic heterocycles. The highest BCUT2D eigenvalue weighted by atomic mass is 19.4. The molecule has 0 amide bonds. The fourth-order valence-corrected chi connectivity index (χ4v) is 5.98. The minimum absolute atomic E-state index is 0.0890. The molecule has 0 bridgehead atoms.